The fraction of sp³-hybridized carbons (Fsp3) is 0.238. The summed E-state index contributed by atoms with van der Waals surface area (Å²) >= 11 is 0. The second-order valence-electron chi connectivity index (χ2n) is 6.73. The van der Waals surface area contributed by atoms with Crippen molar-refractivity contribution in [2.24, 2.45) is 0 Å². The number of benzene rings is 2. The number of carbonyl (C=O) groups is 1. The molecule has 4 rings (SSSR count). The number of piperazine rings is 1. The van der Waals surface area contributed by atoms with E-state index in [9.17, 15) is 4.79 Å². The predicted octanol–water partition coefficient (Wildman–Crippen LogP) is 3.35. The number of rotatable bonds is 4. The lowest BCUT2D eigenvalue weighted by Crippen LogP contribution is -2.44. The van der Waals surface area contributed by atoms with Crippen LogP contribution in [0.2, 0.25) is 0 Å². The van der Waals surface area contributed by atoms with Crippen LogP contribution in [-0.4, -0.2) is 49.2 Å². The molecule has 0 aliphatic carbocycles. The summed E-state index contributed by atoms with van der Waals surface area (Å²) < 4.78 is 5.30. The number of nitrogens with one attached hydrogen (secondary N) is 1. The number of amides is 1. The van der Waals surface area contributed by atoms with Crippen molar-refractivity contribution < 1.29 is 9.32 Å². The number of aromatic nitrogens is 1. The van der Waals surface area contributed by atoms with E-state index in [1.54, 1.807) is 6.07 Å². The minimum atomic E-state index is -0.284. The standard InChI is InChI=1S/C21H22N4O2/c1-24-11-13-25(14-12-24)18-9-7-17(8-10-18)22-21(26)19-15-20(27-23-19)16-5-3-2-4-6-16/h2-10,15H,11-14H2,1H3,(H,22,26). The normalized spacial score (nSPS) is 14.9. The van der Waals surface area contributed by atoms with Crippen LogP contribution in [0.4, 0.5) is 11.4 Å². The molecule has 1 fully saturated rings. The fourth-order valence-electron chi connectivity index (χ4n) is 3.14. The fourth-order valence-corrected chi connectivity index (χ4v) is 3.14. The van der Waals surface area contributed by atoms with Gasteiger partial charge in [0.1, 0.15) is 0 Å². The van der Waals surface area contributed by atoms with E-state index < -0.39 is 0 Å². The quantitative estimate of drug-likeness (QED) is 0.771. The Morgan fingerprint density at radius 3 is 2.41 bits per heavy atom. The van der Waals surface area contributed by atoms with E-state index in [4.69, 9.17) is 4.52 Å². The monoisotopic (exact) mass is 362 g/mol. The van der Waals surface area contributed by atoms with E-state index >= 15 is 0 Å². The molecular weight excluding hydrogens is 340 g/mol. The van der Waals surface area contributed by atoms with Gasteiger partial charge in [0.05, 0.1) is 0 Å². The van der Waals surface area contributed by atoms with Crippen molar-refractivity contribution in [2.45, 2.75) is 0 Å². The number of nitrogens with zero attached hydrogens (tertiary/aromatic N) is 3. The van der Waals surface area contributed by atoms with Gasteiger partial charge in [-0.25, -0.2) is 0 Å². The molecule has 0 radical (unpaired) electrons. The Hall–Kier alpha value is -3.12. The maximum absolute atomic E-state index is 12.4. The zero-order chi connectivity index (χ0) is 18.6. The van der Waals surface area contributed by atoms with Gasteiger partial charge in [-0.15, -0.1) is 0 Å². The third kappa shape index (κ3) is 4.01. The first-order valence-corrected chi connectivity index (χ1v) is 9.06. The van der Waals surface area contributed by atoms with Crippen LogP contribution in [0.25, 0.3) is 11.3 Å². The lowest BCUT2D eigenvalue weighted by Gasteiger charge is -2.34. The van der Waals surface area contributed by atoms with Crippen LogP contribution < -0.4 is 10.2 Å². The molecule has 27 heavy (non-hydrogen) atoms. The molecule has 2 aromatic carbocycles. The first-order chi connectivity index (χ1) is 13.2. The van der Waals surface area contributed by atoms with Gasteiger partial charge >= 0.3 is 0 Å². The molecule has 0 atom stereocenters. The molecule has 2 heterocycles. The number of likely N-dealkylation sites (N-methyl/N-ethyl adjacent to an activating group) is 1. The molecule has 1 N–H and O–H groups in total. The van der Waals surface area contributed by atoms with Gasteiger partial charge in [0, 0.05) is 49.2 Å². The zero-order valence-corrected chi connectivity index (χ0v) is 15.3. The summed E-state index contributed by atoms with van der Waals surface area (Å²) in [6, 6.07) is 19.2. The average molecular weight is 362 g/mol. The molecule has 6 heteroatoms. The minimum Gasteiger partial charge on any atom is -0.369 e. The smallest absolute Gasteiger partial charge is 0.277 e. The van der Waals surface area contributed by atoms with Gasteiger partial charge in [-0.05, 0) is 31.3 Å². The Bertz CT molecular complexity index is 897. The second-order valence-corrected chi connectivity index (χ2v) is 6.73. The highest BCUT2D eigenvalue weighted by molar-refractivity contribution is 6.03. The van der Waals surface area contributed by atoms with Gasteiger partial charge in [0.2, 0.25) is 0 Å². The number of carbonyl (C=O) groups excluding carboxylic acids is 1. The number of anilines is 2. The molecule has 0 saturated carbocycles. The van der Waals surface area contributed by atoms with Gasteiger partial charge in [-0.3, -0.25) is 4.79 Å². The van der Waals surface area contributed by atoms with Crippen LogP contribution in [0, 0.1) is 0 Å². The van der Waals surface area contributed by atoms with E-state index in [1.807, 2.05) is 54.6 Å². The lowest BCUT2D eigenvalue weighted by atomic mass is 10.1. The highest BCUT2D eigenvalue weighted by Gasteiger charge is 2.16. The number of hydrogen-bond donors (Lipinski definition) is 1. The summed E-state index contributed by atoms with van der Waals surface area (Å²) in [7, 11) is 2.14. The minimum absolute atomic E-state index is 0.261. The third-order valence-electron chi connectivity index (χ3n) is 4.79. The van der Waals surface area contributed by atoms with Crippen LogP contribution >= 0.6 is 0 Å². The van der Waals surface area contributed by atoms with Crippen molar-refractivity contribution in [3.63, 3.8) is 0 Å². The first-order valence-electron chi connectivity index (χ1n) is 9.06. The van der Waals surface area contributed by atoms with Crippen molar-refractivity contribution in [1.29, 1.82) is 0 Å². The second kappa shape index (κ2) is 7.63. The Kier molecular flexibility index (Phi) is 4.89. The van der Waals surface area contributed by atoms with E-state index in [0.29, 0.717) is 5.76 Å². The molecule has 1 amide bonds. The summed E-state index contributed by atoms with van der Waals surface area (Å²) in [4.78, 5) is 17.1. The summed E-state index contributed by atoms with van der Waals surface area (Å²) in [6.45, 7) is 4.16. The molecule has 1 aromatic heterocycles. The van der Waals surface area contributed by atoms with Crippen molar-refractivity contribution >= 4 is 17.3 Å². The highest BCUT2D eigenvalue weighted by atomic mass is 16.5. The van der Waals surface area contributed by atoms with Crippen molar-refractivity contribution in [3.05, 3.63) is 66.4 Å². The molecule has 1 saturated heterocycles. The third-order valence-corrected chi connectivity index (χ3v) is 4.79. The number of hydrogen-bond acceptors (Lipinski definition) is 5. The largest absolute Gasteiger partial charge is 0.369 e. The van der Waals surface area contributed by atoms with Gasteiger partial charge in [-0.1, -0.05) is 35.5 Å². The summed E-state index contributed by atoms with van der Waals surface area (Å²) in [6.07, 6.45) is 0. The van der Waals surface area contributed by atoms with Gasteiger partial charge in [0.25, 0.3) is 5.91 Å². The Labute approximate surface area is 158 Å². The molecule has 3 aromatic rings. The molecule has 0 unspecified atom stereocenters. The molecule has 0 spiro atoms. The Morgan fingerprint density at radius 1 is 1.00 bits per heavy atom. The summed E-state index contributed by atoms with van der Waals surface area (Å²) in [5.41, 5.74) is 3.06. The average Bonchev–Trinajstić information content (AvgIpc) is 3.20. The van der Waals surface area contributed by atoms with Gasteiger partial charge in [0.15, 0.2) is 11.5 Å². The van der Waals surface area contributed by atoms with E-state index in [-0.39, 0.29) is 11.6 Å². The molecule has 138 valence electrons. The molecular formula is C21H22N4O2. The summed E-state index contributed by atoms with van der Waals surface area (Å²) in [5, 5.41) is 6.76. The topological polar surface area (TPSA) is 61.6 Å². The van der Waals surface area contributed by atoms with Crippen LogP contribution in [-0.2, 0) is 0 Å². The molecule has 1 aliphatic rings. The van der Waals surface area contributed by atoms with Crippen molar-refractivity contribution in [2.75, 3.05) is 43.4 Å². The first kappa shape index (κ1) is 17.3. The molecule has 0 bridgehead atoms. The SMILES string of the molecule is CN1CCN(c2ccc(NC(=O)c3cc(-c4ccccc4)on3)cc2)CC1. The van der Waals surface area contributed by atoms with E-state index in [0.717, 1.165) is 37.4 Å². The van der Waals surface area contributed by atoms with Crippen LogP contribution in [0.1, 0.15) is 10.5 Å². The maximum atomic E-state index is 12.4. The van der Waals surface area contributed by atoms with E-state index in [1.165, 1.54) is 5.69 Å². The van der Waals surface area contributed by atoms with E-state index in [2.05, 4.69) is 27.3 Å². The Balaban J connectivity index is 1.40. The van der Waals surface area contributed by atoms with Gasteiger partial charge in [-0.2, -0.15) is 0 Å². The maximum Gasteiger partial charge on any atom is 0.277 e. The molecule has 1 aliphatic heterocycles. The lowest BCUT2D eigenvalue weighted by molar-refractivity contribution is 0.101. The van der Waals surface area contributed by atoms with Crippen molar-refractivity contribution in [1.82, 2.24) is 10.1 Å². The van der Waals surface area contributed by atoms with Crippen molar-refractivity contribution in [3.8, 4) is 11.3 Å². The van der Waals surface area contributed by atoms with Gasteiger partial charge < -0.3 is 19.6 Å². The predicted molar refractivity (Wildman–Crippen MR) is 106 cm³/mol. The van der Waals surface area contributed by atoms with Crippen LogP contribution in [0.5, 0.6) is 0 Å². The van der Waals surface area contributed by atoms with Crippen LogP contribution in [0.3, 0.4) is 0 Å². The van der Waals surface area contributed by atoms with Crippen LogP contribution in [0.15, 0.2) is 65.2 Å². The molecule has 6 nitrogen and oxygen atoms in total. The highest BCUT2D eigenvalue weighted by Crippen LogP contribution is 2.22. The zero-order valence-electron chi connectivity index (χ0n) is 15.3. The summed E-state index contributed by atoms with van der Waals surface area (Å²) in [5.74, 6) is 0.291. The Morgan fingerprint density at radius 2 is 1.70 bits per heavy atom.